The van der Waals surface area contributed by atoms with E-state index in [2.05, 4.69) is 21.6 Å². The first-order chi connectivity index (χ1) is 12.7. The third-order valence-electron chi connectivity index (χ3n) is 4.83. The predicted molar refractivity (Wildman–Crippen MR) is 101 cm³/mol. The van der Waals surface area contributed by atoms with Gasteiger partial charge in [-0.2, -0.15) is 0 Å². The predicted octanol–water partition coefficient (Wildman–Crippen LogP) is 1.89. The number of nitrogens with one attached hydrogen (secondary N) is 1. The molecule has 9 heteroatoms. The SMILES string of the molecule is Cc1ccc(Cc2nnc(NC(=O)C3CCN(S(C)(=O)=O)CC3)o2)c(C)c1. The van der Waals surface area contributed by atoms with E-state index in [0.29, 0.717) is 38.2 Å². The number of sulfonamides is 1. The zero-order valence-corrected chi connectivity index (χ0v) is 16.5. The normalized spacial score (nSPS) is 16.4. The Morgan fingerprint density at radius 1 is 1.26 bits per heavy atom. The molecule has 0 radical (unpaired) electrons. The van der Waals surface area contributed by atoms with Crippen molar-refractivity contribution in [1.82, 2.24) is 14.5 Å². The third kappa shape index (κ3) is 4.92. The smallest absolute Gasteiger partial charge is 0.322 e. The van der Waals surface area contributed by atoms with Crippen LogP contribution < -0.4 is 5.32 Å². The van der Waals surface area contributed by atoms with Gasteiger partial charge < -0.3 is 4.42 Å². The van der Waals surface area contributed by atoms with Crippen LogP contribution in [0, 0.1) is 19.8 Å². The lowest BCUT2D eigenvalue weighted by Crippen LogP contribution is -2.40. The molecule has 2 aromatic rings. The maximum absolute atomic E-state index is 12.4. The second kappa shape index (κ2) is 7.77. The molecule has 27 heavy (non-hydrogen) atoms. The summed E-state index contributed by atoms with van der Waals surface area (Å²) in [5.74, 6) is -0.0493. The second-order valence-electron chi connectivity index (χ2n) is 7.03. The molecule has 1 aromatic heterocycles. The van der Waals surface area contributed by atoms with Gasteiger partial charge in [0.15, 0.2) is 0 Å². The van der Waals surface area contributed by atoms with E-state index >= 15 is 0 Å². The maximum atomic E-state index is 12.4. The fourth-order valence-corrected chi connectivity index (χ4v) is 4.11. The van der Waals surface area contributed by atoms with Crippen LogP contribution in [-0.2, 0) is 21.2 Å². The number of nitrogens with zero attached hydrogens (tertiary/aromatic N) is 3. The number of benzene rings is 1. The Hall–Kier alpha value is -2.26. The third-order valence-corrected chi connectivity index (χ3v) is 6.13. The van der Waals surface area contributed by atoms with Gasteiger partial charge in [0.25, 0.3) is 0 Å². The van der Waals surface area contributed by atoms with Gasteiger partial charge >= 0.3 is 6.01 Å². The molecule has 1 amide bonds. The number of aromatic nitrogens is 2. The van der Waals surface area contributed by atoms with E-state index in [9.17, 15) is 13.2 Å². The van der Waals surface area contributed by atoms with E-state index in [-0.39, 0.29) is 17.8 Å². The number of hydrogen-bond donors (Lipinski definition) is 1. The Kier molecular flexibility index (Phi) is 5.61. The standard InChI is InChI=1S/C18H24N4O4S/c1-12-4-5-15(13(2)10-12)11-16-20-21-18(26-16)19-17(23)14-6-8-22(9-7-14)27(3,24)25/h4-5,10,14H,6-9,11H2,1-3H3,(H,19,21,23). The lowest BCUT2D eigenvalue weighted by Gasteiger charge is -2.29. The highest BCUT2D eigenvalue weighted by atomic mass is 32.2. The number of rotatable bonds is 5. The van der Waals surface area contributed by atoms with Crippen molar-refractivity contribution < 1.29 is 17.6 Å². The molecule has 1 aliphatic rings. The molecular weight excluding hydrogens is 368 g/mol. The van der Waals surface area contributed by atoms with E-state index in [1.807, 2.05) is 26.0 Å². The average molecular weight is 392 g/mol. The van der Waals surface area contributed by atoms with Gasteiger partial charge in [-0.05, 0) is 37.8 Å². The van der Waals surface area contributed by atoms with Gasteiger partial charge in [0.05, 0.1) is 12.7 Å². The number of carbonyl (C=O) groups is 1. The number of aryl methyl sites for hydroxylation is 2. The van der Waals surface area contributed by atoms with Gasteiger partial charge in [-0.15, -0.1) is 5.10 Å². The molecule has 1 N–H and O–H groups in total. The van der Waals surface area contributed by atoms with Crippen molar-refractivity contribution in [3.63, 3.8) is 0 Å². The fraction of sp³-hybridized carbons (Fsp3) is 0.500. The van der Waals surface area contributed by atoms with Crippen LogP contribution >= 0.6 is 0 Å². The van der Waals surface area contributed by atoms with E-state index < -0.39 is 10.0 Å². The molecule has 1 fully saturated rings. The van der Waals surface area contributed by atoms with Crippen LogP contribution in [0.3, 0.4) is 0 Å². The maximum Gasteiger partial charge on any atom is 0.322 e. The average Bonchev–Trinajstić information content (AvgIpc) is 3.04. The van der Waals surface area contributed by atoms with Crippen molar-refractivity contribution in [1.29, 1.82) is 0 Å². The van der Waals surface area contributed by atoms with E-state index in [4.69, 9.17) is 4.42 Å². The minimum atomic E-state index is -3.21. The molecule has 8 nitrogen and oxygen atoms in total. The molecule has 0 aliphatic carbocycles. The summed E-state index contributed by atoms with van der Waals surface area (Å²) >= 11 is 0. The van der Waals surface area contributed by atoms with Crippen LogP contribution in [0.5, 0.6) is 0 Å². The number of carbonyl (C=O) groups excluding carboxylic acids is 1. The van der Waals surface area contributed by atoms with E-state index in [1.54, 1.807) is 0 Å². The number of hydrogen-bond acceptors (Lipinski definition) is 6. The summed E-state index contributed by atoms with van der Waals surface area (Å²) < 4.78 is 30.0. The molecule has 1 aliphatic heterocycles. The lowest BCUT2D eigenvalue weighted by molar-refractivity contribution is -0.121. The van der Waals surface area contributed by atoms with Crippen molar-refractivity contribution in [3.05, 3.63) is 40.8 Å². The lowest BCUT2D eigenvalue weighted by atomic mass is 9.97. The molecule has 0 atom stereocenters. The van der Waals surface area contributed by atoms with Gasteiger partial charge in [-0.25, -0.2) is 12.7 Å². The molecule has 0 spiro atoms. The molecular formula is C18H24N4O4S. The molecule has 0 saturated carbocycles. The van der Waals surface area contributed by atoms with Crippen molar-refractivity contribution in [3.8, 4) is 0 Å². The quantitative estimate of drug-likeness (QED) is 0.833. The fourth-order valence-electron chi connectivity index (χ4n) is 3.24. The van der Waals surface area contributed by atoms with Crippen LogP contribution in [-0.4, -0.2) is 48.2 Å². The largest absolute Gasteiger partial charge is 0.407 e. The van der Waals surface area contributed by atoms with Gasteiger partial charge in [-0.1, -0.05) is 28.9 Å². The van der Waals surface area contributed by atoms with Crippen molar-refractivity contribution >= 4 is 21.9 Å². The van der Waals surface area contributed by atoms with Crippen LogP contribution in [0.1, 0.15) is 35.4 Å². The van der Waals surface area contributed by atoms with E-state index in [0.717, 1.165) is 11.1 Å². The Morgan fingerprint density at radius 3 is 2.59 bits per heavy atom. The topological polar surface area (TPSA) is 105 Å². The Bertz CT molecular complexity index is 931. The highest BCUT2D eigenvalue weighted by Crippen LogP contribution is 2.21. The summed E-state index contributed by atoms with van der Waals surface area (Å²) in [4.78, 5) is 12.4. The highest BCUT2D eigenvalue weighted by molar-refractivity contribution is 7.88. The summed E-state index contributed by atoms with van der Waals surface area (Å²) in [6.45, 7) is 4.76. The van der Waals surface area contributed by atoms with Crippen LogP contribution in [0.4, 0.5) is 6.01 Å². The number of anilines is 1. The molecule has 0 unspecified atom stereocenters. The van der Waals surface area contributed by atoms with Gasteiger partial charge in [0.1, 0.15) is 0 Å². The molecule has 0 bridgehead atoms. The van der Waals surface area contributed by atoms with Gasteiger partial charge in [-0.3, -0.25) is 10.1 Å². The van der Waals surface area contributed by atoms with Crippen molar-refractivity contribution in [2.45, 2.75) is 33.1 Å². The van der Waals surface area contributed by atoms with Gasteiger partial charge in [0, 0.05) is 19.0 Å². The minimum absolute atomic E-state index is 0.0744. The second-order valence-corrected chi connectivity index (χ2v) is 9.02. The summed E-state index contributed by atoms with van der Waals surface area (Å²) in [6.07, 6.45) is 2.63. The Morgan fingerprint density at radius 2 is 1.96 bits per heavy atom. The van der Waals surface area contributed by atoms with Crippen molar-refractivity contribution in [2.75, 3.05) is 24.7 Å². The monoisotopic (exact) mass is 392 g/mol. The van der Waals surface area contributed by atoms with Crippen LogP contribution in [0.2, 0.25) is 0 Å². The number of piperidine rings is 1. The Balaban J connectivity index is 1.57. The zero-order valence-electron chi connectivity index (χ0n) is 15.7. The molecule has 1 aromatic carbocycles. The summed E-state index contributed by atoms with van der Waals surface area (Å²) in [7, 11) is -3.21. The number of amides is 1. The van der Waals surface area contributed by atoms with Crippen molar-refractivity contribution in [2.24, 2.45) is 5.92 Å². The molecule has 1 saturated heterocycles. The van der Waals surface area contributed by atoms with Crippen LogP contribution in [0.25, 0.3) is 0 Å². The van der Waals surface area contributed by atoms with Crippen LogP contribution in [0.15, 0.2) is 22.6 Å². The molecule has 146 valence electrons. The first-order valence-electron chi connectivity index (χ1n) is 8.87. The van der Waals surface area contributed by atoms with Gasteiger partial charge in [0.2, 0.25) is 21.8 Å². The summed E-state index contributed by atoms with van der Waals surface area (Å²) in [6, 6.07) is 6.23. The molecule has 2 heterocycles. The first-order valence-corrected chi connectivity index (χ1v) is 10.7. The zero-order chi connectivity index (χ0) is 19.6. The van der Waals surface area contributed by atoms with E-state index in [1.165, 1.54) is 16.1 Å². The Labute approximate surface area is 159 Å². The highest BCUT2D eigenvalue weighted by Gasteiger charge is 2.29. The first kappa shape index (κ1) is 19.5. The summed E-state index contributed by atoms with van der Waals surface area (Å²) in [5.41, 5.74) is 3.43. The minimum Gasteiger partial charge on any atom is -0.407 e. The summed E-state index contributed by atoms with van der Waals surface area (Å²) in [5, 5.41) is 10.5. The molecule has 3 rings (SSSR count).